The Hall–Kier alpha value is -2.78. The van der Waals surface area contributed by atoms with Crippen LogP contribution in [0.2, 0.25) is 0 Å². The molecular weight excluding hydrogens is 344 g/mol. The molecule has 0 saturated heterocycles. The van der Waals surface area contributed by atoms with Gasteiger partial charge in [0.25, 0.3) is 0 Å². The Morgan fingerprint density at radius 2 is 1.96 bits per heavy atom. The van der Waals surface area contributed by atoms with Crippen LogP contribution in [0.5, 0.6) is 0 Å². The quantitative estimate of drug-likeness (QED) is 0.636. The molecule has 1 aromatic carbocycles. The van der Waals surface area contributed by atoms with Crippen LogP contribution in [-0.2, 0) is 14.8 Å². The van der Waals surface area contributed by atoms with Crippen molar-refractivity contribution in [3.8, 4) is 0 Å². The Morgan fingerprint density at radius 3 is 2.60 bits per heavy atom. The lowest BCUT2D eigenvalue weighted by Crippen LogP contribution is -2.34. The van der Waals surface area contributed by atoms with Crippen molar-refractivity contribution in [1.29, 1.82) is 0 Å². The highest BCUT2D eigenvalue weighted by Gasteiger charge is 2.31. The van der Waals surface area contributed by atoms with Gasteiger partial charge in [-0.2, -0.15) is 9.82 Å². The molecule has 0 unspecified atom stereocenters. The minimum Gasteiger partial charge on any atom is -0.480 e. The van der Waals surface area contributed by atoms with Gasteiger partial charge in [-0.25, -0.2) is 8.42 Å². The Morgan fingerprint density at radius 1 is 1.24 bits per heavy atom. The molecule has 3 aromatic rings. The fourth-order valence-corrected chi connectivity index (χ4v) is 4.07. The van der Waals surface area contributed by atoms with Gasteiger partial charge in [0.1, 0.15) is 10.9 Å². The van der Waals surface area contributed by atoms with E-state index in [1.54, 1.807) is 38.1 Å². The van der Waals surface area contributed by atoms with Gasteiger partial charge in [-0.1, -0.05) is 18.2 Å². The van der Waals surface area contributed by atoms with Crippen molar-refractivity contribution < 1.29 is 18.3 Å². The number of hydrogen-bond acceptors (Lipinski definition) is 5. The average Bonchev–Trinajstić information content (AvgIpc) is 2.90. The van der Waals surface area contributed by atoms with Crippen LogP contribution in [0, 0.1) is 13.8 Å². The molecule has 3 rings (SSSR count). The zero-order chi connectivity index (χ0) is 18.2. The highest BCUT2D eigenvalue weighted by Crippen LogP contribution is 2.25. The number of hydrogen-bond donors (Lipinski definition) is 3. The number of aromatic nitrogens is 3. The van der Waals surface area contributed by atoms with Crippen molar-refractivity contribution in [3.63, 3.8) is 0 Å². The Kier molecular flexibility index (Phi) is 4.27. The van der Waals surface area contributed by atoms with Crippen LogP contribution in [0.4, 0.5) is 0 Å². The SMILES string of the molecule is Cc1n[nH]c(C)c1[C@@H](NS(=O)(=O)c1cccc2cccnc12)C(=O)O. The van der Waals surface area contributed by atoms with E-state index in [9.17, 15) is 18.3 Å². The Balaban J connectivity index is 2.09. The predicted octanol–water partition coefficient (Wildman–Crippen LogP) is 1.68. The van der Waals surface area contributed by atoms with E-state index in [0.29, 0.717) is 22.3 Å². The average molecular weight is 360 g/mol. The molecule has 3 N–H and O–H groups in total. The maximum absolute atomic E-state index is 12.8. The molecule has 9 heteroatoms. The summed E-state index contributed by atoms with van der Waals surface area (Å²) in [5.74, 6) is -1.32. The number of benzene rings is 1. The number of aliphatic carboxylic acids is 1. The van der Waals surface area contributed by atoms with Crippen molar-refractivity contribution in [1.82, 2.24) is 19.9 Å². The molecule has 2 heterocycles. The molecule has 0 bridgehead atoms. The lowest BCUT2D eigenvalue weighted by Gasteiger charge is -2.16. The second kappa shape index (κ2) is 6.26. The first-order valence-electron chi connectivity index (χ1n) is 7.41. The van der Waals surface area contributed by atoms with Gasteiger partial charge in [-0.15, -0.1) is 0 Å². The number of aromatic amines is 1. The van der Waals surface area contributed by atoms with E-state index in [0.717, 1.165) is 0 Å². The molecule has 0 aliphatic rings. The summed E-state index contributed by atoms with van der Waals surface area (Å²) in [6.07, 6.45) is 1.49. The van der Waals surface area contributed by atoms with Crippen LogP contribution >= 0.6 is 0 Å². The van der Waals surface area contributed by atoms with Crippen molar-refractivity contribution in [2.45, 2.75) is 24.8 Å². The summed E-state index contributed by atoms with van der Waals surface area (Å²) in [5.41, 5.74) is 1.49. The first-order chi connectivity index (χ1) is 11.8. The van der Waals surface area contributed by atoms with E-state index in [2.05, 4.69) is 19.9 Å². The smallest absolute Gasteiger partial charge is 0.326 e. The number of rotatable bonds is 5. The summed E-state index contributed by atoms with van der Waals surface area (Å²) in [6, 6.07) is 6.70. The number of para-hydroxylation sites is 1. The topological polar surface area (TPSA) is 125 Å². The maximum atomic E-state index is 12.8. The number of H-pyrrole nitrogens is 1. The van der Waals surface area contributed by atoms with Gasteiger partial charge < -0.3 is 5.11 Å². The zero-order valence-corrected chi connectivity index (χ0v) is 14.3. The van der Waals surface area contributed by atoms with Crippen LogP contribution in [0.25, 0.3) is 10.9 Å². The molecular formula is C16H16N4O4S. The minimum absolute atomic E-state index is 0.0735. The third kappa shape index (κ3) is 3.11. The van der Waals surface area contributed by atoms with Gasteiger partial charge in [-0.3, -0.25) is 14.9 Å². The van der Waals surface area contributed by atoms with E-state index >= 15 is 0 Å². The summed E-state index contributed by atoms with van der Waals surface area (Å²) in [7, 11) is -4.13. The molecule has 25 heavy (non-hydrogen) atoms. The lowest BCUT2D eigenvalue weighted by molar-refractivity contribution is -0.139. The predicted molar refractivity (Wildman–Crippen MR) is 90.5 cm³/mol. The summed E-state index contributed by atoms with van der Waals surface area (Å²) in [6.45, 7) is 3.25. The van der Waals surface area contributed by atoms with E-state index < -0.39 is 22.0 Å². The first-order valence-corrected chi connectivity index (χ1v) is 8.90. The number of carbonyl (C=O) groups is 1. The van der Waals surface area contributed by atoms with E-state index in [4.69, 9.17) is 0 Å². The maximum Gasteiger partial charge on any atom is 0.326 e. The number of carboxylic acids is 1. The minimum atomic E-state index is -4.13. The van der Waals surface area contributed by atoms with Gasteiger partial charge >= 0.3 is 5.97 Å². The van der Waals surface area contributed by atoms with Crippen LogP contribution in [0.3, 0.4) is 0 Å². The summed E-state index contributed by atoms with van der Waals surface area (Å²) in [5, 5.41) is 16.8. The molecule has 0 spiro atoms. The Bertz CT molecular complexity index is 1030. The monoisotopic (exact) mass is 360 g/mol. The molecule has 0 amide bonds. The second-order valence-electron chi connectivity index (χ2n) is 5.57. The van der Waals surface area contributed by atoms with Crippen molar-refractivity contribution in [2.24, 2.45) is 0 Å². The number of nitrogens with one attached hydrogen (secondary N) is 2. The van der Waals surface area contributed by atoms with Crippen molar-refractivity contribution >= 4 is 26.9 Å². The van der Waals surface area contributed by atoms with Gasteiger partial charge in [0.05, 0.1) is 11.2 Å². The van der Waals surface area contributed by atoms with Crippen LogP contribution in [-0.4, -0.2) is 34.7 Å². The molecule has 0 saturated carbocycles. The second-order valence-corrected chi connectivity index (χ2v) is 7.25. The van der Waals surface area contributed by atoms with E-state index in [1.165, 1.54) is 12.3 Å². The first kappa shape index (κ1) is 17.1. The normalized spacial score (nSPS) is 13.0. The molecule has 0 aliphatic heterocycles. The van der Waals surface area contributed by atoms with E-state index in [1.807, 2.05) is 0 Å². The van der Waals surface area contributed by atoms with Crippen LogP contribution in [0.1, 0.15) is 23.0 Å². The number of pyridine rings is 1. The number of aryl methyl sites for hydroxylation is 2. The fraction of sp³-hybridized carbons (Fsp3) is 0.188. The molecule has 0 aliphatic carbocycles. The number of carboxylic acid groups (broad SMARTS) is 1. The third-order valence-electron chi connectivity index (χ3n) is 3.88. The van der Waals surface area contributed by atoms with Gasteiger partial charge in [0, 0.05) is 22.8 Å². The third-order valence-corrected chi connectivity index (χ3v) is 5.33. The van der Waals surface area contributed by atoms with Gasteiger partial charge in [-0.05, 0) is 26.0 Å². The molecule has 8 nitrogen and oxygen atoms in total. The van der Waals surface area contributed by atoms with Crippen LogP contribution < -0.4 is 4.72 Å². The zero-order valence-electron chi connectivity index (χ0n) is 13.5. The highest BCUT2D eigenvalue weighted by molar-refractivity contribution is 7.89. The van der Waals surface area contributed by atoms with Crippen molar-refractivity contribution in [3.05, 3.63) is 53.5 Å². The fourth-order valence-electron chi connectivity index (χ4n) is 2.73. The largest absolute Gasteiger partial charge is 0.480 e. The molecule has 2 aromatic heterocycles. The van der Waals surface area contributed by atoms with Crippen molar-refractivity contribution in [2.75, 3.05) is 0 Å². The van der Waals surface area contributed by atoms with Gasteiger partial charge in [0.2, 0.25) is 10.0 Å². The summed E-state index contributed by atoms with van der Waals surface area (Å²) >= 11 is 0. The van der Waals surface area contributed by atoms with Crippen LogP contribution in [0.15, 0.2) is 41.4 Å². The Labute approximate surface area is 144 Å². The number of nitrogens with zero attached hydrogens (tertiary/aromatic N) is 2. The molecule has 0 fully saturated rings. The number of fused-ring (bicyclic) bond motifs is 1. The highest BCUT2D eigenvalue weighted by atomic mass is 32.2. The number of sulfonamides is 1. The molecule has 130 valence electrons. The molecule has 1 atom stereocenters. The lowest BCUT2D eigenvalue weighted by atomic mass is 10.1. The summed E-state index contributed by atoms with van der Waals surface area (Å²) < 4.78 is 27.9. The summed E-state index contributed by atoms with van der Waals surface area (Å²) in [4.78, 5) is 15.7. The standard InChI is InChI=1S/C16H16N4O4S/c1-9-13(10(2)19-18-9)15(16(21)22)20-25(23,24)12-7-3-5-11-6-4-8-17-14(11)12/h3-8,15,20H,1-2H3,(H,18,19)(H,21,22)/t15-/m1/s1. The molecule has 0 radical (unpaired) electrons. The van der Waals surface area contributed by atoms with Gasteiger partial charge in [0.15, 0.2) is 0 Å². The van der Waals surface area contributed by atoms with E-state index in [-0.39, 0.29) is 10.4 Å².